The van der Waals surface area contributed by atoms with Crippen molar-refractivity contribution in [1.29, 1.82) is 0 Å². The van der Waals surface area contributed by atoms with Crippen molar-refractivity contribution in [2.45, 2.75) is 18.4 Å². The zero-order valence-electron chi connectivity index (χ0n) is 7.78. The highest BCUT2D eigenvalue weighted by Gasteiger charge is 2.19. The third kappa shape index (κ3) is 2.87. The Morgan fingerprint density at radius 2 is 2.00 bits per heavy atom. The van der Waals surface area contributed by atoms with Crippen LogP contribution in [-0.4, -0.2) is 15.0 Å². The Bertz CT molecular complexity index is 459. The van der Waals surface area contributed by atoms with Gasteiger partial charge in [0.25, 0.3) is 0 Å². The van der Waals surface area contributed by atoms with Crippen LogP contribution in [0, 0.1) is 6.92 Å². The van der Waals surface area contributed by atoms with Crippen molar-refractivity contribution in [2.24, 2.45) is 5.14 Å². The fourth-order valence-corrected chi connectivity index (χ4v) is 1.83. The summed E-state index contributed by atoms with van der Waals surface area (Å²) < 4.78 is 50.2. The van der Waals surface area contributed by atoms with Crippen LogP contribution in [0.1, 0.15) is 5.56 Å². The molecule has 2 N–H and O–H groups in total. The van der Waals surface area contributed by atoms with E-state index in [0.717, 1.165) is 6.07 Å². The van der Waals surface area contributed by atoms with E-state index >= 15 is 0 Å². The molecular formula is C8H9F2NO3S. The molecule has 0 saturated carbocycles. The van der Waals surface area contributed by atoms with Crippen LogP contribution in [0.25, 0.3) is 0 Å². The third-order valence-corrected chi connectivity index (χ3v) is 2.62. The van der Waals surface area contributed by atoms with Crippen LogP contribution in [0.5, 0.6) is 5.75 Å². The van der Waals surface area contributed by atoms with E-state index in [0.29, 0.717) is 0 Å². The predicted octanol–water partition coefficient (Wildman–Crippen LogP) is 1.24. The zero-order valence-corrected chi connectivity index (χ0v) is 8.59. The minimum atomic E-state index is -4.06. The summed E-state index contributed by atoms with van der Waals surface area (Å²) in [4.78, 5) is -0.442. The SMILES string of the molecule is Cc1cccc(S(N)(=O)=O)c1OC(F)F. The largest absolute Gasteiger partial charge is 0.433 e. The molecule has 1 aromatic rings. The normalized spacial score (nSPS) is 11.8. The third-order valence-electron chi connectivity index (χ3n) is 1.69. The van der Waals surface area contributed by atoms with E-state index in [4.69, 9.17) is 5.14 Å². The summed E-state index contributed by atoms with van der Waals surface area (Å²) in [6, 6.07) is 3.96. The van der Waals surface area contributed by atoms with Crippen LogP contribution in [0.15, 0.2) is 23.1 Å². The molecule has 0 bridgehead atoms. The van der Waals surface area contributed by atoms with E-state index in [-0.39, 0.29) is 5.56 Å². The molecule has 1 aromatic carbocycles. The summed E-state index contributed by atoms with van der Waals surface area (Å²) in [5.41, 5.74) is 0.279. The summed E-state index contributed by atoms with van der Waals surface area (Å²) in [7, 11) is -4.06. The van der Waals surface area contributed by atoms with Crippen molar-refractivity contribution >= 4 is 10.0 Å². The van der Waals surface area contributed by atoms with E-state index in [1.54, 1.807) is 0 Å². The van der Waals surface area contributed by atoms with Gasteiger partial charge in [0, 0.05) is 0 Å². The van der Waals surface area contributed by atoms with Gasteiger partial charge in [0.2, 0.25) is 10.0 Å². The quantitative estimate of drug-likeness (QED) is 0.859. The van der Waals surface area contributed by atoms with Gasteiger partial charge in [0.05, 0.1) is 0 Å². The molecule has 0 radical (unpaired) electrons. The summed E-state index contributed by atoms with van der Waals surface area (Å²) in [5.74, 6) is -0.407. The number of ether oxygens (including phenoxy) is 1. The number of para-hydroxylation sites is 1. The average Bonchev–Trinajstić information content (AvgIpc) is 2.05. The molecule has 0 heterocycles. The van der Waals surface area contributed by atoms with E-state index in [1.165, 1.54) is 19.1 Å². The number of hydrogen-bond donors (Lipinski definition) is 1. The van der Waals surface area contributed by atoms with Gasteiger partial charge in [-0.3, -0.25) is 0 Å². The minimum absolute atomic E-state index is 0.279. The summed E-state index contributed by atoms with van der Waals surface area (Å²) in [5, 5.41) is 4.85. The fourth-order valence-electron chi connectivity index (χ4n) is 1.09. The van der Waals surface area contributed by atoms with Crippen LogP contribution >= 0.6 is 0 Å². The molecule has 0 spiro atoms. The zero-order chi connectivity index (χ0) is 11.6. The molecule has 0 unspecified atom stereocenters. The fraction of sp³-hybridized carbons (Fsp3) is 0.250. The number of primary sulfonamides is 1. The van der Waals surface area contributed by atoms with Crippen molar-refractivity contribution in [3.8, 4) is 5.75 Å². The molecule has 15 heavy (non-hydrogen) atoms. The molecule has 0 atom stereocenters. The van der Waals surface area contributed by atoms with Gasteiger partial charge in [-0.15, -0.1) is 0 Å². The Balaban J connectivity index is 3.33. The average molecular weight is 237 g/mol. The first-order valence-corrected chi connectivity index (χ1v) is 5.44. The van der Waals surface area contributed by atoms with Gasteiger partial charge in [-0.05, 0) is 18.6 Å². The minimum Gasteiger partial charge on any atom is -0.433 e. The van der Waals surface area contributed by atoms with Crippen LogP contribution in [0.4, 0.5) is 8.78 Å². The standard InChI is InChI=1S/C8H9F2NO3S/c1-5-3-2-4-6(15(11,12)13)7(5)14-8(9)10/h2-4,8H,1H3,(H2,11,12,13). The lowest BCUT2D eigenvalue weighted by Crippen LogP contribution is -2.15. The van der Waals surface area contributed by atoms with Gasteiger partial charge in [-0.2, -0.15) is 8.78 Å². The summed E-state index contributed by atoms with van der Waals surface area (Å²) in [6.07, 6.45) is 0. The molecule has 0 aliphatic carbocycles. The van der Waals surface area contributed by atoms with Crippen LogP contribution < -0.4 is 9.88 Å². The molecule has 0 aromatic heterocycles. The molecule has 4 nitrogen and oxygen atoms in total. The number of sulfonamides is 1. The van der Waals surface area contributed by atoms with E-state index in [9.17, 15) is 17.2 Å². The van der Waals surface area contributed by atoms with Gasteiger partial charge in [0.15, 0.2) is 0 Å². The summed E-state index contributed by atoms with van der Waals surface area (Å²) in [6.45, 7) is -1.64. The Kier molecular flexibility index (Phi) is 3.25. The Hall–Kier alpha value is -1.21. The number of nitrogens with two attached hydrogens (primary N) is 1. The lowest BCUT2D eigenvalue weighted by Gasteiger charge is -2.11. The van der Waals surface area contributed by atoms with Crippen molar-refractivity contribution in [2.75, 3.05) is 0 Å². The van der Waals surface area contributed by atoms with Gasteiger partial charge in [-0.1, -0.05) is 12.1 Å². The number of benzene rings is 1. The van der Waals surface area contributed by atoms with Crippen LogP contribution in [0.3, 0.4) is 0 Å². The molecule has 84 valence electrons. The molecule has 0 fully saturated rings. The maximum atomic E-state index is 12.0. The smallest absolute Gasteiger partial charge is 0.387 e. The molecule has 0 aliphatic rings. The monoisotopic (exact) mass is 237 g/mol. The van der Waals surface area contributed by atoms with Gasteiger partial charge in [-0.25, -0.2) is 13.6 Å². The summed E-state index contributed by atoms with van der Waals surface area (Å²) >= 11 is 0. The highest BCUT2D eigenvalue weighted by atomic mass is 32.2. The number of halogens is 2. The Labute approximate surface area is 85.7 Å². The Morgan fingerprint density at radius 3 is 2.47 bits per heavy atom. The van der Waals surface area contributed by atoms with Gasteiger partial charge >= 0.3 is 6.61 Å². The Morgan fingerprint density at radius 1 is 1.40 bits per heavy atom. The first-order valence-electron chi connectivity index (χ1n) is 3.89. The van der Waals surface area contributed by atoms with Gasteiger partial charge < -0.3 is 4.74 Å². The highest BCUT2D eigenvalue weighted by Crippen LogP contribution is 2.27. The van der Waals surface area contributed by atoms with Crippen molar-refractivity contribution in [3.63, 3.8) is 0 Å². The molecule has 0 saturated heterocycles. The van der Waals surface area contributed by atoms with Crippen molar-refractivity contribution in [1.82, 2.24) is 0 Å². The number of aryl methyl sites for hydroxylation is 1. The van der Waals surface area contributed by atoms with E-state index in [2.05, 4.69) is 4.74 Å². The van der Waals surface area contributed by atoms with Crippen LogP contribution in [-0.2, 0) is 10.0 Å². The molecule has 1 rings (SSSR count). The maximum absolute atomic E-state index is 12.0. The molecule has 7 heteroatoms. The first kappa shape index (κ1) is 11.9. The second-order valence-electron chi connectivity index (χ2n) is 2.83. The lowest BCUT2D eigenvalue weighted by atomic mass is 10.2. The first-order chi connectivity index (χ1) is 6.82. The van der Waals surface area contributed by atoms with E-state index in [1.807, 2.05) is 0 Å². The number of rotatable bonds is 3. The van der Waals surface area contributed by atoms with Crippen molar-refractivity contribution < 1.29 is 21.9 Å². The maximum Gasteiger partial charge on any atom is 0.387 e. The highest BCUT2D eigenvalue weighted by molar-refractivity contribution is 7.89. The van der Waals surface area contributed by atoms with Crippen molar-refractivity contribution in [3.05, 3.63) is 23.8 Å². The number of hydrogen-bond acceptors (Lipinski definition) is 3. The van der Waals surface area contributed by atoms with Crippen LogP contribution in [0.2, 0.25) is 0 Å². The van der Waals surface area contributed by atoms with E-state index < -0.39 is 27.3 Å². The molecule has 0 amide bonds. The van der Waals surface area contributed by atoms with Gasteiger partial charge in [0.1, 0.15) is 10.6 Å². The predicted molar refractivity (Wildman–Crippen MR) is 49.2 cm³/mol. The molecular weight excluding hydrogens is 228 g/mol. The molecule has 0 aliphatic heterocycles. The number of alkyl halides is 2. The second kappa shape index (κ2) is 4.11. The second-order valence-corrected chi connectivity index (χ2v) is 4.36. The lowest BCUT2D eigenvalue weighted by molar-refractivity contribution is -0.0522. The topological polar surface area (TPSA) is 69.4 Å².